The van der Waals surface area contributed by atoms with Gasteiger partial charge in [-0.25, -0.2) is 0 Å². The third kappa shape index (κ3) is 4.92. The molecule has 1 unspecified atom stereocenters. The predicted octanol–water partition coefficient (Wildman–Crippen LogP) is 0.457. The molecule has 2 rings (SSSR count). The van der Waals surface area contributed by atoms with Gasteiger partial charge in [0.1, 0.15) is 5.60 Å². The largest absolute Gasteiger partial charge is 0.379 e. The van der Waals surface area contributed by atoms with Crippen molar-refractivity contribution >= 4 is 5.91 Å². The molecule has 1 atom stereocenters. The van der Waals surface area contributed by atoms with Crippen molar-refractivity contribution in [1.82, 2.24) is 10.6 Å². The van der Waals surface area contributed by atoms with Crippen LogP contribution in [0.25, 0.3) is 0 Å². The molecule has 2 heterocycles. The molecule has 0 aromatic rings. The summed E-state index contributed by atoms with van der Waals surface area (Å²) >= 11 is 0. The number of piperidine rings is 1. The zero-order valence-corrected chi connectivity index (χ0v) is 13.0. The zero-order chi connectivity index (χ0) is 15.0. The average molecular weight is 300 g/mol. The van der Waals surface area contributed by atoms with Gasteiger partial charge in [-0.1, -0.05) is 0 Å². The molecule has 2 saturated heterocycles. The zero-order valence-electron chi connectivity index (χ0n) is 13.0. The number of hydrogen-bond acceptors (Lipinski definition) is 5. The monoisotopic (exact) mass is 300 g/mol. The second kappa shape index (κ2) is 8.68. The van der Waals surface area contributed by atoms with Crippen molar-refractivity contribution < 1.29 is 19.0 Å². The molecule has 0 aromatic heterocycles. The minimum Gasteiger partial charge on any atom is -0.379 e. The highest BCUT2D eigenvalue weighted by atomic mass is 16.5. The minimum absolute atomic E-state index is 0.00521. The molecule has 0 aromatic carbocycles. The van der Waals surface area contributed by atoms with Crippen molar-refractivity contribution in [3.8, 4) is 0 Å². The lowest BCUT2D eigenvalue weighted by Gasteiger charge is -2.34. The summed E-state index contributed by atoms with van der Waals surface area (Å²) in [4.78, 5) is 12.3. The van der Waals surface area contributed by atoms with E-state index < -0.39 is 5.60 Å². The Morgan fingerprint density at radius 2 is 2.24 bits per heavy atom. The molecule has 2 fully saturated rings. The first-order valence-corrected chi connectivity index (χ1v) is 8.00. The van der Waals surface area contributed by atoms with Gasteiger partial charge in [-0.05, 0) is 45.2 Å². The van der Waals surface area contributed by atoms with Crippen LogP contribution in [0.1, 0.15) is 32.1 Å². The van der Waals surface area contributed by atoms with Crippen molar-refractivity contribution in [2.75, 3.05) is 46.6 Å². The molecule has 2 N–H and O–H groups in total. The summed E-state index contributed by atoms with van der Waals surface area (Å²) in [5.74, 6) is 0.00521. The third-order valence-electron chi connectivity index (χ3n) is 4.29. The van der Waals surface area contributed by atoms with E-state index in [2.05, 4.69) is 10.6 Å². The lowest BCUT2D eigenvalue weighted by atomic mass is 9.91. The topological polar surface area (TPSA) is 68.8 Å². The van der Waals surface area contributed by atoms with Crippen LogP contribution in [0.4, 0.5) is 0 Å². The van der Waals surface area contributed by atoms with Crippen LogP contribution in [0.5, 0.6) is 0 Å². The molecule has 0 aliphatic carbocycles. The van der Waals surface area contributed by atoms with Crippen LogP contribution < -0.4 is 10.6 Å². The van der Waals surface area contributed by atoms with Crippen molar-refractivity contribution in [2.45, 2.75) is 43.8 Å². The van der Waals surface area contributed by atoms with Gasteiger partial charge in [0, 0.05) is 26.9 Å². The van der Waals surface area contributed by atoms with Gasteiger partial charge in [0.25, 0.3) is 5.91 Å². The number of rotatable bonds is 8. The maximum Gasteiger partial charge on any atom is 0.252 e. The molecule has 122 valence electrons. The highest BCUT2D eigenvalue weighted by molar-refractivity contribution is 5.85. The van der Waals surface area contributed by atoms with E-state index in [1.165, 1.54) is 0 Å². The Kier molecular flexibility index (Phi) is 6.89. The summed E-state index contributed by atoms with van der Waals surface area (Å²) < 4.78 is 16.6. The highest BCUT2D eigenvalue weighted by Crippen LogP contribution is 2.22. The van der Waals surface area contributed by atoms with E-state index in [1.807, 2.05) is 0 Å². The molecule has 0 radical (unpaired) electrons. The number of carbonyl (C=O) groups excluding carboxylic acids is 1. The standard InChI is InChI=1S/C15H28N2O4/c1-19-15(5-8-16-9-6-15)14(18)17-7-3-10-20-12-13-4-2-11-21-13/h13,16H,2-12H2,1H3,(H,17,18). The number of hydrogen-bond donors (Lipinski definition) is 2. The Bertz CT molecular complexity index is 313. The summed E-state index contributed by atoms with van der Waals surface area (Å²) in [6, 6.07) is 0. The molecule has 6 heteroatoms. The quantitative estimate of drug-likeness (QED) is 0.637. The molecular formula is C15H28N2O4. The second-order valence-corrected chi connectivity index (χ2v) is 5.77. The third-order valence-corrected chi connectivity index (χ3v) is 4.29. The van der Waals surface area contributed by atoms with E-state index in [-0.39, 0.29) is 12.0 Å². The van der Waals surface area contributed by atoms with Gasteiger partial charge in [0.15, 0.2) is 0 Å². The van der Waals surface area contributed by atoms with Gasteiger partial charge in [-0.2, -0.15) is 0 Å². The van der Waals surface area contributed by atoms with E-state index in [1.54, 1.807) is 7.11 Å². The second-order valence-electron chi connectivity index (χ2n) is 5.77. The number of methoxy groups -OCH3 is 1. The first-order valence-electron chi connectivity index (χ1n) is 8.00. The van der Waals surface area contributed by atoms with Crippen LogP contribution in [0, 0.1) is 0 Å². The van der Waals surface area contributed by atoms with Gasteiger partial charge in [0.05, 0.1) is 12.7 Å². The first kappa shape index (κ1) is 16.7. The van der Waals surface area contributed by atoms with Crippen LogP contribution in [-0.4, -0.2) is 64.2 Å². The summed E-state index contributed by atoms with van der Waals surface area (Å²) in [5.41, 5.74) is -0.649. The van der Waals surface area contributed by atoms with E-state index >= 15 is 0 Å². The summed E-state index contributed by atoms with van der Waals surface area (Å²) in [7, 11) is 1.62. The minimum atomic E-state index is -0.649. The summed E-state index contributed by atoms with van der Waals surface area (Å²) in [6.45, 7) is 4.46. The molecule has 0 bridgehead atoms. The summed E-state index contributed by atoms with van der Waals surface area (Å²) in [6.07, 6.45) is 4.77. The number of nitrogens with one attached hydrogen (secondary N) is 2. The van der Waals surface area contributed by atoms with Gasteiger partial charge in [-0.15, -0.1) is 0 Å². The SMILES string of the molecule is COC1(C(=O)NCCCOCC2CCCO2)CCNCC1. The normalized spacial score (nSPS) is 24.9. The number of amides is 1. The molecule has 1 amide bonds. The summed E-state index contributed by atoms with van der Waals surface area (Å²) in [5, 5.41) is 6.22. The van der Waals surface area contributed by atoms with E-state index in [9.17, 15) is 4.79 Å². The lowest BCUT2D eigenvalue weighted by Crippen LogP contribution is -2.54. The molecule has 2 aliphatic heterocycles. The molecule has 21 heavy (non-hydrogen) atoms. The fourth-order valence-corrected chi connectivity index (χ4v) is 2.88. The molecular weight excluding hydrogens is 272 g/mol. The Hall–Kier alpha value is -0.690. The maximum absolute atomic E-state index is 12.3. The van der Waals surface area contributed by atoms with Crippen LogP contribution in [0.15, 0.2) is 0 Å². The van der Waals surface area contributed by atoms with Crippen LogP contribution in [0.2, 0.25) is 0 Å². The first-order chi connectivity index (χ1) is 10.3. The van der Waals surface area contributed by atoms with Gasteiger partial charge < -0.3 is 24.8 Å². The van der Waals surface area contributed by atoms with Crippen LogP contribution >= 0.6 is 0 Å². The Morgan fingerprint density at radius 1 is 1.43 bits per heavy atom. The Balaban J connectivity index is 1.55. The molecule has 2 aliphatic rings. The van der Waals surface area contributed by atoms with E-state index in [0.29, 0.717) is 19.8 Å². The van der Waals surface area contributed by atoms with Crippen molar-refractivity contribution in [1.29, 1.82) is 0 Å². The number of carbonyl (C=O) groups is 1. The van der Waals surface area contributed by atoms with Gasteiger partial charge in [0.2, 0.25) is 0 Å². The fourth-order valence-electron chi connectivity index (χ4n) is 2.88. The van der Waals surface area contributed by atoms with Crippen LogP contribution in [-0.2, 0) is 19.0 Å². The van der Waals surface area contributed by atoms with E-state index in [0.717, 1.165) is 51.8 Å². The van der Waals surface area contributed by atoms with E-state index in [4.69, 9.17) is 14.2 Å². The van der Waals surface area contributed by atoms with Gasteiger partial charge in [-0.3, -0.25) is 4.79 Å². The predicted molar refractivity (Wildman–Crippen MR) is 79.3 cm³/mol. The molecule has 0 saturated carbocycles. The van der Waals surface area contributed by atoms with Crippen molar-refractivity contribution in [2.24, 2.45) is 0 Å². The average Bonchev–Trinajstić information content (AvgIpc) is 3.04. The van der Waals surface area contributed by atoms with Gasteiger partial charge >= 0.3 is 0 Å². The lowest BCUT2D eigenvalue weighted by molar-refractivity contribution is -0.146. The maximum atomic E-state index is 12.3. The van der Waals surface area contributed by atoms with Crippen molar-refractivity contribution in [3.63, 3.8) is 0 Å². The molecule has 0 spiro atoms. The number of ether oxygens (including phenoxy) is 3. The Labute approximate surface area is 126 Å². The van der Waals surface area contributed by atoms with Crippen LogP contribution in [0.3, 0.4) is 0 Å². The Morgan fingerprint density at radius 3 is 2.90 bits per heavy atom. The fraction of sp³-hybridized carbons (Fsp3) is 0.933. The smallest absolute Gasteiger partial charge is 0.252 e. The molecule has 6 nitrogen and oxygen atoms in total. The highest BCUT2D eigenvalue weighted by Gasteiger charge is 2.39. The van der Waals surface area contributed by atoms with Crippen molar-refractivity contribution in [3.05, 3.63) is 0 Å².